The molecule has 128 valence electrons. The smallest absolute Gasteiger partial charge is 0.228 e. The summed E-state index contributed by atoms with van der Waals surface area (Å²) in [4.78, 5) is 17.1. The first-order chi connectivity index (χ1) is 12.0. The highest BCUT2D eigenvalue weighted by atomic mass is 32.2. The van der Waals surface area contributed by atoms with Crippen LogP contribution in [0.5, 0.6) is 0 Å². The number of carbonyl (C=O) groups excluding carboxylic acids is 1. The van der Waals surface area contributed by atoms with E-state index >= 15 is 0 Å². The number of para-hydroxylation sites is 2. The van der Waals surface area contributed by atoms with Crippen molar-refractivity contribution in [2.45, 2.75) is 6.42 Å². The fourth-order valence-corrected chi connectivity index (χ4v) is 5.75. The largest absolute Gasteiger partial charge is 0.325 e. The molecule has 1 amide bonds. The van der Waals surface area contributed by atoms with E-state index in [1.165, 1.54) is 0 Å². The SMILES string of the molecule is O=C(Nc1ccccc1-c1nc2ccccc2s1)C1CCS(=O)(=O)C1. The zero-order chi connectivity index (χ0) is 17.4. The van der Waals surface area contributed by atoms with Crippen LogP contribution in [-0.2, 0) is 14.6 Å². The number of anilines is 1. The Morgan fingerprint density at radius 1 is 1.12 bits per heavy atom. The van der Waals surface area contributed by atoms with Crippen LogP contribution >= 0.6 is 11.3 Å². The van der Waals surface area contributed by atoms with Gasteiger partial charge < -0.3 is 5.32 Å². The first kappa shape index (κ1) is 16.2. The molecule has 25 heavy (non-hydrogen) atoms. The van der Waals surface area contributed by atoms with Crippen molar-refractivity contribution in [2.75, 3.05) is 16.8 Å². The van der Waals surface area contributed by atoms with Crippen LogP contribution in [0, 0.1) is 5.92 Å². The van der Waals surface area contributed by atoms with Crippen molar-refractivity contribution < 1.29 is 13.2 Å². The molecule has 1 aliphatic rings. The van der Waals surface area contributed by atoms with Gasteiger partial charge in [0.05, 0.1) is 33.3 Å². The number of fused-ring (bicyclic) bond motifs is 1. The predicted molar refractivity (Wildman–Crippen MR) is 100 cm³/mol. The van der Waals surface area contributed by atoms with Gasteiger partial charge >= 0.3 is 0 Å². The second-order valence-corrected chi connectivity index (χ2v) is 9.38. The summed E-state index contributed by atoms with van der Waals surface area (Å²) in [6, 6.07) is 15.4. The molecule has 2 heterocycles. The number of hydrogen-bond acceptors (Lipinski definition) is 5. The minimum absolute atomic E-state index is 0.0673. The third-order valence-corrected chi connectivity index (χ3v) is 7.15. The normalized spacial score (nSPS) is 19.1. The number of nitrogens with one attached hydrogen (secondary N) is 1. The quantitative estimate of drug-likeness (QED) is 0.765. The van der Waals surface area contributed by atoms with Gasteiger partial charge in [0.1, 0.15) is 5.01 Å². The molecule has 2 aromatic carbocycles. The number of hydrogen-bond donors (Lipinski definition) is 1. The van der Waals surface area contributed by atoms with Gasteiger partial charge in [-0.05, 0) is 30.7 Å². The summed E-state index contributed by atoms with van der Waals surface area (Å²) >= 11 is 1.57. The Hall–Kier alpha value is -2.25. The lowest BCUT2D eigenvalue weighted by Gasteiger charge is -2.12. The van der Waals surface area contributed by atoms with Gasteiger partial charge in [-0.2, -0.15) is 0 Å². The number of amides is 1. The summed E-state index contributed by atoms with van der Waals surface area (Å²) in [5.41, 5.74) is 2.43. The Balaban J connectivity index is 1.64. The Morgan fingerprint density at radius 3 is 2.64 bits per heavy atom. The van der Waals surface area contributed by atoms with Crippen LogP contribution in [-0.4, -0.2) is 30.8 Å². The molecular formula is C18H16N2O3S2. The first-order valence-electron chi connectivity index (χ1n) is 7.98. The number of rotatable bonds is 3. The summed E-state index contributed by atoms with van der Waals surface area (Å²) < 4.78 is 24.3. The molecule has 0 aliphatic carbocycles. The van der Waals surface area contributed by atoms with Crippen LogP contribution in [0.2, 0.25) is 0 Å². The molecule has 1 aliphatic heterocycles. The zero-order valence-corrected chi connectivity index (χ0v) is 14.9. The lowest BCUT2D eigenvalue weighted by molar-refractivity contribution is -0.119. The Kier molecular flexibility index (Phi) is 4.05. The Morgan fingerprint density at radius 2 is 1.88 bits per heavy atom. The average molecular weight is 372 g/mol. The van der Waals surface area contributed by atoms with Crippen molar-refractivity contribution in [2.24, 2.45) is 5.92 Å². The molecule has 7 heteroatoms. The second kappa shape index (κ2) is 6.24. The molecule has 1 atom stereocenters. The molecule has 0 saturated carbocycles. The van der Waals surface area contributed by atoms with Crippen molar-refractivity contribution in [1.29, 1.82) is 0 Å². The van der Waals surface area contributed by atoms with E-state index in [9.17, 15) is 13.2 Å². The van der Waals surface area contributed by atoms with Crippen molar-refractivity contribution in [3.05, 3.63) is 48.5 Å². The molecule has 1 saturated heterocycles. The van der Waals surface area contributed by atoms with Gasteiger partial charge in [-0.1, -0.05) is 24.3 Å². The van der Waals surface area contributed by atoms with Crippen LogP contribution < -0.4 is 5.32 Å². The molecule has 1 fully saturated rings. The van der Waals surface area contributed by atoms with Crippen molar-refractivity contribution in [3.8, 4) is 10.6 Å². The van der Waals surface area contributed by atoms with Crippen molar-refractivity contribution in [3.63, 3.8) is 0 Å². The Bertz CT molecular complexity index is 1020. The third-order valence-electron chi connectivity index (χ3n) is 4.31. The number of aromatic nitrogens is 1. The van der Waals surface area contributed by atoms with Crippen LogP contribution in [0.3, 0.4) is 0 Å². The van der Waals surface area contributed by atoms with Gasteiger partial charge in [-0.3, -0.25) is 4.79 Å². The number of sulfone groups is 1. The second-order valence-electron chi connectivity index (χ2n) is 6.12. The summed E-state index contributed by atoms with van der Waals surface area (Å²) in [5.74, 6) is -0.699. The molecule has 1 aromatic heterocycles. The van der Waals surface area contributed by atoms with E-state index in [2.05, 4.69) is 10.3 Å². The van der Waals surface area contributed by atoms with E-state index in [0.29, 0.717) is 12.1 Å². The average Bonchev–Trinajstić information content (AvgIpc) is 3.18. The molecule has 0 radical (unpaired) electrons. The monoisotopic (exact) mass is 372 g/mol. The first-order valence-corrected chi connectivity index (χ1v) is 10.6. The summed E-state index contributed by atoms with van der Waals surface area (Å²) in [6.45, 7) is 0. The van der Waals surface area contributed by atoms with Gasteiger partial charge in [0, 0.05) is 5.56 Å². The van der Waals surface area contributed by atoms with Crippen molar-refractivity contribution >= 4 is 43.0 Å². The summed E-state index contributed by atoms with van der Waals surface area (Å²) in [7, 11) is -3.08. The lowest BCUT2D eigenvalue weighted by atomic mass is 10.1. The molecule has 3 aromatic rings. The maximum absolute atomic E-state index is 12.5. The van der Waals surface area contributed by atoms with Crippen LogP contribution in [0.15, 0.2) is 48.5 Å². The lowest BCUT2D eigenvalue weighted by Crippen LogP contribution is -2.24. The van der Waals surface area contributed by atoms with Crippen LogP contribution in [0.1, 0.15) is 6.42 Å². The molecular weight excluding hydrogens is 356 g/mol. The minimum atomic E-state index is -3.08. The zero-order valence-electron chi connectivity index (χ0n) is 13.3. The van der Waals surface area contributed by atoms with E-state index in [4.69, 9.17) is 0 Å². The van der Waals surface area contributed by atoms with Gasteiger partial charge in [0.15, 0.2) is 9.84 Å². The van der Waals surface area contributed by atoms with Crippen LogP contribution in [0.25, 0.3) is 20.8 Å². The van der Waals surface area contributed by atoms with E-state index < -0.39 is 15.8 Å². The number of nitrogens with zero attached hydrogens (tertiary/aromatic N) is 1. The van der Waals surface area contributed by atoms with E-state index in [1.54, 1.807) is 11.3 Å². The minimum Gasteiger partial charge on any atom is -0.325 e. The third kappa shape index (κ3) is 3.29. The fraction of sp³-hybridized carbons (Fsp3) is 0.222. The highest BCUT2D eigenvalue weighted by Crippen LogP contribution is 2.34. The van der Waals surface area contributed by atoms with E-state index in [-0.39, 0.29) is 17.4 Å². The van der Waals surface area contributed by atoms with Crippen LogP contribution in [0.4, 0.5) is 5.69 Å². The molecule has 0 spiro atoms. The molecule has 1 unspecified atom stereocenters. The van der Waals surface area contributed by atoms with Crippen molar-refractivity contribution in [1.82, 2.24) is 4.98 Å². The summed E-state index contributed by atoms with van der Waals surface area (Å²) in [5, 5.41) is 3.73. The summed E-state index contributed by atoms with van der Waals surface area (Å²) in [6.07, 6.45) is 0.386. The highest BCUT2D eigenvalue weighted by Gasteiger charge is 2.33. The maximum atomic E-state index is 12.5. The van der Waals surface area contributed by atoms with E-state index in [0.717, 1.165) is 20.8 Å². The van der Waals surface area contributed by atoms with Gasteiger partial charge in [0.25, 0.3) is 0 Å². The predicted octanol–water partition coefficient (Wildman–Crippen LogP) is 3.34. The highest BCUT2D eigenvalue weighted by molar-refractivity contribution is 7.91. The Labute approximate surface area is 149 Å². The standard InChI is InChI=1S/C18H16N2O3S2/c21-17(12-9-10-25(22,23)11-12)19-14-6-2-1-5-13(14)18-20-15-7-3-4-8-16(15)24-18/h1-8,12H,9-11H2,(H,19,21). The van der Waals surface area contributed by atoms with Gasteiger partial charge in [-0.25, -0.2) is 13.4 Å². The van der Waals surface area contributed by atoms with E-state index in [1.807, 2.05) is 48.5 Å². The number of benzene rings is 2. The molecule has 4 rings (SSSR count). The van der Waals surface area contributed by atoms with Gasteiger partial charge in [-0.15, -0.1) is 11.3 Å². The molecule has 5 nitrogen and oxygen atoms in total. The van der Waals surface area contributed by atoms with Gasteiger partial charge in [0.2, 0.25) is 5.91 Å². The molecule has 0 bridgehead atoms. The maximum Gasteiger partial charge on any atom is 0.228 e. The fourth-order valence-electron chi connectivity index (χ4n) is 3.00. The number of thiazole rings is 1. The topological polar surface area (TPSA) is 76.1 Å². The molecule has 1 N–H and O–H groups in total. The number of carbonyl (C=O) groups is 1.